The third-order valence-electron chi connectivity index (χ3n) is 5.23. The van der Waals surface area contributed by atoms with Crippen LogP contribution in [0, 0.1) is 6.92 Å². The fourth-order valence-electron chi connectivity index (χ4n) is 3.43. The van der Waals surface area contributed by atoms with Gasteiger partial charge in [0.1, 0.15) is 5.75 Å². The molecule has 0 spiro atoms. The number of rotatable bonds is 10. The minimum Gasteiger partial charge on any atom is -0.494 e. The van der Waals surface area contributed by atoms with Gasteiger partial charge in [0.25, 0.3) is 5.91 Å². The van der Waals surface area contributed by atoms with Gasteiger partial charge >= 0.3 is 0 Å². The Kier molecular flexibility index (Phi) is 8.86. The molecule has 0 aliphatic heterocycles. The van der Waals surface area contributed by atoms with Crippen molar-refractivity contribution in [2.24, 2.45) is 0 Å². The van der Waals surface area contributed by atoms with E-state index in [1.807, 2.05) is 47.2 Å². The first-order valence-corrected chi connectivity index (χ1v) is 11.8. The maximum absolute atomic E-state index is 13.5. The number of carbonyl (C=O) groups excluding carboxylic acids is 1. The number of halogens is 1. The van der Waals surface area contributed by atoms with Crippen LogP contribution < -0.4 is 9.64 Å². The summed E-state index contributed by atoms with van der Waals surface area (Å²) in [4.78, 5) is 24.1. The second-order valence-electron chi connectivity index (χ2n) is 7.80. The minimum absolute atomic E-state index is 0. The van der Waals surface area contributed by atoms with Crippen molar-refractivity contribution >= 4 is 45.0 Å². The van der Waals surface area contributed by atoms with E-state index in [4.69, 9.17) is 9.72 Å². The van der Waals surface area contributed by atoms with Gasteiger partial charge < -0.3 is 9.30 Å². The molecule has 8 heteroatoms. The number of anilines is 1. The number of benzene rings is 2. The van der Waals surface area contributed by atoms with Gasteiger partial charge in [0.2, 0.25) is 0 Å². The van der Waals surface area contributed by atoms with Crippen molar-refractivity contribution < 1.29 is 9.53 Å². The normalized spacial score (nSPS) is 10.7. The van der Waals surface area contributed by atoms with E-state index in [2.05, 4.69) is 24.9 Å². The average molecular weight is 485 g/mol. The Morgan fingerprint density at radius 1 is 1.15 bits per heavy atom. The Morgan fingerprint density at radius 3 is 2.70 bits per heavy atom. The molecular weight excluding hydrogens is 456 g/mol. The van der Waals surface area contributed by atoms with Gasteiger partial charge in [-0.05, 0) is 61.7 Å². The quantitative estimate of drug-likeness (QED) is 0.254. The van der Waals surface area contributed by atoms with Crippen molar-refractivity contribution in [2.75, 3.05) is 18.1 Å². The maximum Gasteiger partial charge on any atom is 0.260 e. The van der Waals surface area contributed by atoms with Crippen LogP contribution in [0.4, 0.5) is 5.13 Å². The molecule has 0 fully saturated rings. The van der Waals surface area contributed by atoms with Crippen LogP contribution in [-0.4, -0.2) is 33.6 Å². The third kappa shape index (κ3) is 6.33. The summed E-state index contributed by atoms with van der Waals surface area (Å²) in [6, 6.07) is 13.6. The highest BCUT2D eigenvalue weighted by atomic mass is 35.5. The highest BCUT2D eigenvalue weighted by Gasteiger charge is 2.21. The molecule has 0 saturated carbocycles. The first-order valence-electron chi connectivity index (χ1n) is 11.0. The van der Waals surface area contributed by atoms with Crippen molar-refractivity contribution in [3.8, 4) is 5.75 Å². The number of carbonyl (C=O) groups is 1. The number of ether oxygens (including phenoxy) is 1. The van der Waals surface area contributed by atoms with E-state index in [0.29, 0.717) is 18.7 Å². The number of aromatic nitrogens is 3. The summed E-state index contributed by atoms with van der Waals surface area (Å²) in [5.41, 5.74) is 2.73. The van der Waals surface area contributed by atoms with Crippen LogP contribution in [0.3, 0.4) is 0 Å². The molecule has 0 N–H and O–H groups in total. The highest BCUT2D eigenvalue weighted by Crippen LogP contribution is 2.31. The number of imidazole rings is 1. The molecule has 0 aliphatic carbocycles. The summed E-state index contributed by atoms with van der Waals surface area (Å²) < 4.78 is 8.85. The molecule has 0 unspecified atom stereocenters. The fourth-order valence-corrected chi connectivity index (χ4v) is 4.52. The zero-order valence-electron chi connectivity index (χ0n) is 18.9. The Bertz CT molecular complexity index is 1160. The number of nitrogens with zero attached hydrogens (tertiary/aromatic N) is 4. The van der Waals surface area contributed by atoms with Crippen LogP contribution in [0.2, 0.25) is 0 Å². The number of aryl methyl sites for hydroxylation is 2. The van der Waals surface area contributed by atoms with E-state index in [9.17, 15) is 4.79 Å². The van der Waals surface area contributed by atoms with Gasteiger partial charge in [-0.2, -0.15) is 0 Å². The summed E-state index contributed by atoms with van der Waals surface area (Å²) in [6.45, 7) is 6.25. The van der Waals surface area contributed by atoms with E-state index in [1.165, 1.54) is 5.56 Å². The molecule has 4 rings (SSSR count). The molecule has 2 heterocycles. The molecule has 2 aromatic carbocycles. The molecule has 0 radical (unpaired) electrons. The van der Waals surface area contributed by atoms with Crippen LogP contribution >= 0.6 is 23.7 Å². The summed E-state index contributed by atoms with van der Waals surface area (Å²) >= 11 is 1.56. The number of amides is 1. The lowest BCUT2D eigenvalue weighted by molar-refractivity contribution is 0.0986. The van der Waals surface area contributed by atoms with E-state index in [1.54, 1.807) is 28.8 Å². The van der Waals surface area contributed by atoms with Gasteiger partial charge in [-0.25, -0.2) is 9.97 Å². The van der Waals surface area contributed by atoms with Gasteiger partial charge in [-0.3, -0.25) is 9.69 Å². The van der Waals surface area contributed by atoms with Crippen LogP contribution in [0.5, 0.6) is 5.75 Å². The third-order valence-corrected chi connectivity index (χ3v) is 6.27. The smallest absolute Gasteiger partial charge is 0.260 e. The summed E-state index contributed by atoms with van der Waals surface area (Å²) in [6.07, 6.45) is 8.40. The molecule has 0 bridgehead atoms. The Balaban J connectivity index is 0.00000306. The van der Waals surface area contributed by atoms with Crippen molar-refractivity contribution in [2.45, 2.75) is 39.7 Å². The monoisotopic (exact) mass is 484 g/mol. The predicted molar refractivity (Wildman–Crippen MR) is 137 cm³/mol. The lowest BCUT2D eigenvalue weighted by Crippen LogP contribution is -2.32. The Hall–Kier alpha value is -2.90. The van der Waals surface area contributed by atoms with Crippen LogP contribution in [0.1, 0.15) is 42.1 Å². The molecule has 174 valence electrons. The van der Waals surface area contributed by atoms with E-state index >= 15 is 0 Å². The van der Waals surface area contributed by atoms with Gasteiger partial charge in [0.15, 0.2) is 5.13 Å². The number of thiazole rings is 1. The predicted octanol–water partition coefficient (Wildman–Crippen LogP) is 6.14. The standard InChI is InChI=1S/C25H28N4O2S.ClH/c1-3-4-16-31-21-9-7-20(8-10-21)24(30)29(14-5-13-28-15-12-26-18-28)25-27-22-11-6-19(2)17-23(22)32-25;/h6-12,15,17-18H,3-5,13-14,16H2,1-2H3;1H. The number of hydrogen-bond donors (Lipinski definition) is 0. The Labute approximate surface area is 204 Å². The summed E-state index contributed by atoms with van der Waals surface area (Å²) in [5.74, 6) is 0.739. The van der Waals surface area contributed by atoms with Crippen molar-refractivity contribution in [1.82, 2.24) is 14.5 Å². The lowest BCUT2D eigenvalue weighted by Gasteiger charge is -2.20. The highest BCUT2D eigenvalue weighted by molar-refractivity contribution is 7.22. The molecule has 6 nitrogen and oxygen atoms in total. The average Bonchev–Trinajstić information content (AvgIpc) is 3.46. The SMILES string of the molecule is CCCCOc1ccc(C(=O)N(CCCn2ccnc2)c2nc3ccc(C)cc3s2)cc1.Cl. The first kappa shape index (κ1) is 24.7. The molecule has 1 amide bonds. The Morgan fingerprint density at radius 2 is 1.97 bits per heavy atom. The van der Waals surface area contributed by atoms with Gasteiger partial charge in [-0.15, -0.1) is 12.4 Å². The van der Waals surface area contributed by atoms with Gasteiger partial charge in [0.05, 0.1) is 23.2 Å². The first-order chi connectivity index (χ1) is 15.6. The fraction of sp³-hybridized carbons (Fsp3) is 0.320. The second-order valence-corrected chi connectivity index (χ2v) is 8.81. The summed E-state index contributed by atoms with van der Waals surface area (Å²) in [7, 11) is 0. The van der Waals surface area contributed by atoms with Crippen LogP contribution in [0.25, 0.3) is 10.2 Å². The molecule has 0 atom stereocenters. The molecule has 0 aliphatic rings. The largest absolute Gasteiger partial charge is 0.494 e. The van der Waals surface area contributed by atoms with Crippen molar-refractivity contribution in [1.29, 1.82) is 0 Å². The van der Waals surface area contributed by atoms with E-state index in [0.717, 1.165) is 46.9 Å². The summed E-state index contributed by atoms with van der Waals surface area (Å²) in [5, 5.41) is 0.726. The zero-order valence-corrected chi connectivity index (χ0v) is 20.6. The van der Waals surface area contributed by atoms with Crippen LogP contribution in [-0.2, 0) is 6.54 Å². The van der Waals surface area contributed by atoms with E-state index < -0.39 is 0 Å². The lowest BCUT2D eigenvalue weighted by atomic mass is 10.2. The van der Waals surface area contributed by atoms with Crippen LogP contribution in [0.15, 0.2) is 61.2 Å². The molecule has 2 aromatic heterocycles. The number of fused-ring (bicyclic) bond motifs is 1. The molecular formula is C25H29ClN4O2S. The number of hydrogen-bond acceptors (Lipinski definition) is 5. The van der Waals surface area contributed by atoms with Gasteiger partial charge in [0, 0.05) is 31.0 Å². The van der Waals surface area contributed by atoms with Gasteiger partial charge in [-0.1, -0.05) is 30.7 Å². The molecule has 33 heavy (non-hydrogen) atoms. The number of unbranched alkanes of at least 4 members (excludes halogenated alkanes) is 1. The second kappa shape index (κ2) is 11.8. The topological polar surface area (TPSA) is 60.2 Å². The van der Waals surface area contributed by atoms with E-state index in [-0.39, 0.29) is 18.3 Å². The molecule has 0 saturated heterocycles. The minimum atomic E-state index is -0.0495. The zero-order chi connectivity index (χ0) is 22.3. The maximum atomic E-state index is 13.5. The van der Waals surface area contributed by atoms with Crippen molar-refractivity contribution in [3.63, 3.8) is 0 Å². The molecule has 4 aromatic rings. The van der Waals surface area contributed by atoms with Crippen molar-refractivity contribution in [3.05, 3.63) is 72.3 Å².